The molecule has 2 rings (SSSR count). The average Bonchev–Trinajstić information content (AvgIpc) is 2.81. The minimum absolute atomic E-state index is 0.115. The number of amides is 1. The summed E-state index contributed by atoms with van der Waals surface area (Å²) in [4.78, 5) is 14.2. The lowest BCUT2D eigenvalue weighted by Gasteiger charge is -2.35. The highest BCUT2D eigenvalue weighted by Crippen LogP contribution is 2.21. The summed E-state index contributed by atoms with van der Waals surface area (Å²) in [5, 5.41) is 0. The van der Waals surface area contributed by atoms with Gasteiger partial charge in [-0.05, 0) is 32.3 Å². The van der Waals surface area contributed by atoms with Gasteiger partial charge in [-0.25, -0.2) is 13.1 Å². The van der Waals surface area contributed by atoms with Crippen molar-refractivity contribution in [2.24, 2.45) is 0 Å². The van der Waals surface area contributed by atoms with Crippen LogP contribution in [0.25, 0.3) is 0 Å². The molecule has 7 heteroatoms. The van der Waals surface area contributed by atoms with Crippen molar-refractivity contribution in [1.82, 2.24) is 9.62 Å². The van der Waals surface area contributed by atoms with Gasteiger partial charge in [-0.3, -0.25) is 4.79 Å². The lowest BCUT2D eigenvalue weighted by atomic mass is 10.0. The van der Waals surface area contributed by atoms with Crippen molar-refractivity contribution in [2.75, 3.05) is 19.3 Å². The molecule has 1 aromatic heterocycles. The Morgan fingerprint density at radius 2 is 2.25 bits per heavy atom. The van der Waals surface area contributed by atoms with Crippen LogP contribution < -0.4 is 4.72 Å². The summed E-state index contributed by atoms with van der Waals surface area (Å²) in [5.74, 6) is 0.184. The van der Waals surface area contributed by atoms with Crippen LogP contribution in [0.15, 0.2) is 16.7 Å². The normalized spacial score (nSPS) is 20.1. The summed E-state index contributed by atoms with van der Waals surface area (Å²) >= 11 is 0. The summed E-state index contributed by atoms with van der Waals surface area (Å²) < 4.78 is 30.1. The van der Waals surface area contributed by atoms with Crippen molar-refractivity contribution < 1.29 is 17.6 Å². The van der Waals surface area contributed by atoms with Crippen LogP contribution in [-0.2, 0) is 10.0 Å². The molecule has 1 unspecified atom stereocenters. The molecule has 1 fully saturated rings. The minimum Gasteiger partial charge on any atom is -0.459 e. The topological polar surface area (TPSA) is 79.6 Å². The van der Waals surface area contributed by atoms with Crippen molar-refractivity contribution in [3.8, 4) is 0 Å². The van der Waals surface area contributed by atoms with Gasteiger partial charge >= 0.3 is 0 Å². The first-order valence-electron chi connectivity index (χ1n) is 6.68. The Morgan fingerprint density at radius 1 is 1.50 bits per heavy atom. The highest BCUT2D eigenvalue weighted by Gasteiger charge is 2.30. The molecule has 0 aliphatic carbocycles. The van der Waals surface area contributed by atoms with Crippen LogP contribution in [0.5, 0.6) is 0 Å². The number of nitrogens with one attached hydrogen (secondary N) is 1. The van der Waals surface area contributed by atoms with E-state index < -0.39 is 10.0 Å². The fourth-order valence-electron chi connectivity index (χ4n) is 2.45. The van der Waals surface area contributed by atoms with Crippen LogP contribution in [0.4, 0.5) is 0 Å². The molecule has 1 atom stereocenters. The Balaban J connectivity index is 2.11. The van der Waals surface area contributed by atoms with Gasteiger partial charge in [-0.15, -0.1) is 0 Å². The Morgan fingerprint density at radius 3 is 2.85 bits per heavy atom. The molecular formula is C13H20N2O4S. The number of aryl methyl sites for hydroxylation is 1. The van der Waals surface area contributed by atoms with Crippen molar-refractivity contribution in [3.63, 3.8) is 0 Å². The summed E-state index contributed by atoms with van der Waals surface area (Å²) in [7, 11) is -3.25. The Kier molecular flexibility index (Phi) is 4.49. The first-order chi connectivity index (χ1) is 9.38. The molecule has 1 aliphatic heterocycles. The fraction of sp³-hybridized carbons (Fsp3) is 0.615. The summed E-state index contributed by atoms with van der Waals surface area (Å²) in [6.07, 6.45) is 5.35. The fourth-order valence-corrected chi connectivity index (χ4v) is 2.95. The number of sulfonamides is 1. The van der Waals surface area contributed by atoms with E-state index in [1.54, 1.807) is 11.0 Å². The molecule has 1 saturated heterocycles. The van der Waals surface area contributed by atoms with E-state index in [0.717, 1.165) is 31.1 Å². The SMILES string of the molecule is Cc1ccoc1C(=O)N1CCCCC1CNS(C)(=O)=O. The number of nitrogens with zero attached hydrogens (tertiary/aromatic N) is 1. The Bertz CT molecular complexity index is 579. The summed E-state index contributed by atoms with van der Waals surface area (Å²) in [6.45, 7) is 2.71. The van der Waals surface area contributed by atoms with Gasteiger partial charge in [0.05, 0.1) is 12.5 Å². The molecule has 0 saturated carbocycles. The third-order valence-corrected chi connectivity index (χ3v) is 4.22. The molecule has 20 heavy (non-hydrogen) atoms. The van der Waals surface area contributed by atoms with Crippen LogP contribution in [0.3, 0.4) is 0 Å². The molecule has 2 heterocycles. The van der Waals surface area contributed by atoms with E-state index in [4.69, 9.17) is 4.42 Å². The van der Waals surface area contributed by atoms with E-state index >= 15 is 0 Å². The second kappa shape index (κ2) is 5.97. The Labute approximate surface area is 119 Å². The molecule has 0 radical (unpaired) electrons. The average molecular weight is 300 g/mol. The zero-order chi connectivity index (χ0) is 14.8. The predicted octanol–water partition coefficient (Wildman–Crippen LogP) is 1.13. The van der Waals surface area contributed by atoms with Crippen molar-refractivity contribution in [1.29, 1.82) is 0 Å². The summed E-state index contributed by atoms with van der Waals surface area (Å²) in [5.41, 5.74) is 0.801. The molecule has 0 aromatic carbocycles. The highest BCUT2D eigenvalue weighted by molar-refractivity contribution is 7.88. The standard InChI is InChI=1S/C13H20N2O4S/c1-10-6-8-19-12(10)13(16)15-7-4-3-5-11(15)9-14-20(2,17)18/h6,8,11,14H,3-5,7,9H2,1-2H3. The van der Waals surface area contributed by atoms with Gasteiger partial charge in [0.1, 0.15) is 0 Å². The van der Waals surface area contributed by atoms with Crippen LogP contribution in [0.2, 0.25) is 0 Å². The minimum atomic E-state index is -3.25. The van der Waals surface area contributed by atoms with E-state index in [9.17, 15) is 13.2 Å². The lowest BCUT2D eigenvalue weighted by Crippen LogP contribution is -2.49. The predicted molar refractivity (Wildman–Crippen MR) is 75.0 cm³/mol. The highest BCUT2D eigenvalue weighted by atomic mass is 32.2. The molecular weight excluding hydrogens is 280 g/mol. The maximum atomic E-state index is 12.5. The van der Waals surface area contributed by atoms with Gasteiger partial charge in [-0.2, -0.15) is 0 Å². The van der Waals surface area contributed by atoms with Crippen molar-refractivity contribution >= 4 is 15.9 Å². The third kappa shape index (κ3) is 3.61. The van der Waals surface area contributed by atoms with Gasteiger partial charge in [0.2, 0.25) is 10.0 Å². The van der Waals surface area contributed by atoms with E-state index in [0.29, 0.717) is 12.3 Å². The van der Waals surface area contributed by atoms with Crippen molar-refractivity contribution in [2.45, 2.75) is 32.2 Å². The number of hydrogen-bond donors (Lipinski definition) is 1. The lowest BCUT2D eigenvalue weighted by molar-refractivity contribution is 0.0585. The van der Waals surface area contributed by atoms with Gasteiger partial charge < -0.3 is 9.32 Å². The van der Waals surface area contributed by atoms with Crippen LogP contribution >= 0.6 is 0 Å². The number of likely N-dealkylation sites (tertiary alicyclic amines) is 1. The largest absolute Gasteiger partial charge is 0.459 e. The van der Waals surface area contributed by atoms with Gasteiger partial charge in [0, 0.05) is 24.7 Å². The first kappa shape index (κ1) is 15.1. The molecule has 1 aromatic rings. The maximum Gasteiger partial charge on any atom is 0.290 e. The van der Waals surface area contributed by atoms with Crippen molar-refractivity contribution in [3.05, 3.63) is 23.7 Å². The third-order valence-electron chi connectivity index (χ3n) is 3.53. The van der Waals surface area contributed by atoms with E-state index in [1.165, 1.54) is 6.26 Å². The molecule has 1 amide bonds. The van der Waals surface area contributed by atoms with E-state index in [-0.39, 0.29) is 18.5 Å². The molecule has 0 spiro atoms. The van der Waals surface area contributed by atoms with Gasteiger partial charge in [0.15, 0.2) is 5.76 Å². The van der Waals surface area contributed by atoms with Crippen LogP contribution in [-0.4, -0.2) is 44.6 Å². The number of hydrogen-bond acceptors (Lipinski definition) is 4. The number of furan rings is 1. The van der Waals surface area contributed by atoms with Gasteiger partial charge in [-0.1, -0.05) is 0 Å². The molecule has 112 valence electrons. The first-order valence-corrected chi connectivity index (χ1v) is 8.57. The second-order valence-corrected chi connectivity index (χ2v) is 7.03. The number of rotatable bonds is 4. The number of carbonyl (C=O) groups excluding carboxylic acids is 1. The number of piperidine rings is 1. The smallest absolute Gasteiger partial charge is 0.290 e. The van der Waals surface area contributed by atoms with Crippen LogP contribution in [0, 0.1) is 6.92 Å². The zero-order valence-corrected chi connectivity index (χ0v) is 12.6. The maximum absolute atomic E-state index is 12.5. The number of carbonyl (C=O) groups is 1. The summed E-state index contributed by atoms with van der Waals surface area (Å²) in [6, 6.07) is 1.64. The monoisotopic (exact) mass is 300 g/mol. The quantitative estimate of drug-likeness (QED) is 0.904. The molecule has 1 N–H and O–H groups in total. The van der Waals surface area contributed by atoms with Crippen LogP contribution in [0.1, 0.15) is 35.4 Å². The van der Waals surface area contributed by atoms with Gasteiger partial charge in [0.25, 0.3) is 5.91 Å². The Hall–Kier alpha value is -1.34. The zero-order valence-electron chi connectivity index (χ0n) is 11.8. The molecule has 6 nitrogen and oxygen atoms in total. The van der Waals surface area contributed by atoms with E-state index in [2.05, 4.69) is 4.72 Å². The molecule has 0 bridgehead atoms. The molecule has 1 aliphatic rings. The second-order valence-electron chi connectivity index (χ2n) is 5.20. The van der Waals surface area contributed by atoms with E-state index in [1.807, 2.05) is 6.92 Å².